The topological polar surface area (TPSA) is 101 Å². The van der Waals surface area contributed by atoms with Crippen LogP contribution in [0.15, 0.2) is 29.2 Å². The Kier molecular flexibility index (Phi) is 4.65. The van der Waals surface area contributed by atoms with Crippen molar-refractivity contribution in [1.82, 2.24) is 10.6 Å². The van der Waals surface area contributed by atoms with Gasteiger partial charge in [0.25, 0.3) is 0 Å². The van der Waals surface area contributed by atoms with Crippen molar-refractivity contribution in [3.63, 3.8) is 0 Å². The van der Waals surface area contributed by atoms with Crippen LogP contribution in [0.5, 0.6) is 0 Å². The van der Waals surface area contributed by atoms with E-state index < -0.39 is 15.6 Å². The summed E-state index contributed by atoms with van der Waals surface area (Å²) in [6.45, 7) is 3.31. The summed E-state index contributed by atoms with van der Waals surface area (Å²) in [5.74, 6) is 0.0150. The number of primary sulfonamides is 1. The minimum absolute atomic E-state index is 0.0150. The summed E-state index contributed by atoms with van der Waals surface area (Å²) in [6, 6.07) is 6.38. The second-order valence-electron chi connectivity index (χ2n) is 5.56. The van der Waals surface area contributed by atoms with Crippen LogP contribution in [-0.4, -0.2) is 33.0 Å². The average Bonchev–Trinajstić information content (AvgIpc) is 2.86. The zero-order valence-corrected chi connectivity index (χ0v) is 12.9. The summed E-state index contributed by atoms with van der Waals surface area (Å²) in [4.78, 5) is 12.2. The quantitative estimate of drug-likeness (QED) is 0.719. The largest absolute Gasteiger partial charge is 0.354 e. The van der Waals surface area contributed by atoms with E-state index in [1.807, 2.05) is 6.92 Å². The first-order valence-corrected chi connectivity index (χ1v) is 8.51. The molecule has 6 nitrogen and oxygen atoms in total. The molecule has 0 aromatic heterocycles. The fraction of sp³-hybridized carbons (Fsp3) is 0.500. The first-order valence-electron chi connectivity index (χ1n) is 6.96. The van der Waals surface area contributed by atoms with Crippen LogP contribution in [0.4, 0.5) is 0 Å². The maximum Gasteiger partial charge on any atom is 0.240 e. The number of benzene rings is 1. The lowest BCUT2D eigenvalue weighted by atomic mass is 9.99. The van der Waals surface area contributed by atoms with Gasteiger partial charge in [0.2, 0.25) is 15.9 Å². The van der Waals surface area contributed by atoms with E-state index in [4.69, 9.17) is 5.14 Å². The first-order chi connectivity index (χ1) is 9.81. The molecule has 1 heterocycles. The Morgan fingerprint density at radius 2 is 2.05 bits per heavy atom. The van der Waals surface area contributed by atoms with E-state index in [1.54, 1.807) is 12.1 Å². The van der Waals surface area contributed by atoms with E-state index in [9.17, 15) is 13.2 Å². The number of hydrogen-bond acceptors (Lipinski definition) is 4. The van der Waals surface area contributed by atoms with Gasteiger partial charge in [0.05, 0.1) is 10.4 Å². The predicted octanol–water partition coefficient (Wildman–Crippen LogP) is 0.135. The molecule has 1 unspecified atom stereocenters. The van der Waals surface area contributed by atoms with Crippen molar-refractivity contribution in [2.75, 3.05) is 13.1 Å². The minimum Gasteiger partial charge on any atom is -0.354 e. The summed E-state index contributed by atoms with van der Waals surface area (Å²) in [6.07, 6.45) is 2.51. The Hall–Kier alpha value is -1.44. The molecule has 1 fully saturated rings. The average molecular weight is 311 g/mol. The highest BCUT2D eigenvalue weighted by atomic mass is 32.2. The molecule has 1 aliphatic heterocycles. The van der Waals surface area contributed by atoms with Gasteiger partial charge in [-0.05, 0) is 50.4 Å². The highest BCUT2D eigenvalue weighted by Gasteiger charge is 2.35. The Labute approximate surface area is 125 Å². The van der Waals surface area contributed by atoms with Crippen LogP contribution in [-0.2, 0) is 21.2 Å². The smallest absolute Gasteiger partial charge is 0.240 e. The molecule has 0 bridgehead atoms. The van der Waals surface area contributed by atoms with Crippen molar-refractivity contribution >= 4 is 15.9 Å². The number of nitrogens with two attached hydrogens (primary N) is 1. The third-order valence-corrected chi connectivity index (χ3v) is 4.75. The van der Waals surface area contributed by atoms with Gasteiger partial charge < -0.3 is 10.6 Å². The molecular formula is C14H21N3O3S. The molecule has 1 atom stereocenters. The molecular weight excluding hydrogens is 290 g/mol. The molecule has 21 heavy (non-hydrogen) atoms. The molecule has 1 aromatic carbocycles. The van der Waals surface area contributed by atoms with Gasteiger partial charge in [-0.2, -0.15) is 0 Å². The number of carbonyl (C=O) groups excluding carboxylic acids is 1. The van der Waals surface area contributed by atoms with Crippen molar-refractivity contribution in [3.8, 4) is 0 Å². The SMILES string of the molecule is CC1(C(=O)NCCc2ccc(S(N)(=O)=O)cc2)CCCN1. The molecule has 0 saturated carbocycles. The van der Waals surface area contributed by atoms with Gasteiger partial charge in [-0.25, -0.2) is 13.6 Å². The summed E-state index contributed by atoms with van der Waals surface area (Å²) in [5, 5.41) is 11.2. The Balaban J connectivity index is 1.85. The van der Waals surface area contributed by atoms with Gasteiger partial charge in [-0.1, -0.05) is 12.1 Å². The summed E-state index contributed by atoms with van der Waals surface area (Å²) in [7, 11) is -3.65. The summed E-state index contributed by atoms with van der Waals surface area (Å²) in [5.41, 5.74) is 0.490. The van der Waals surface area contributed by atoms with Gasteiger partial charge in [0, 0.05) is 6.54 Å². The fourth-order valence-corrected chi connectivity index (χ4v) is 2.97. The van der Waals surface area contributed by atoms with Crippen molar-refractivity contribution < 1.29 is 13.2 Å². The molecule has 7 heteroatoms. The van der Waals surface area contributed by atoms with Crippen molar-refractivity contribution in [1.29, 1.82) is 0 Å². The zero-order chi connectivity index (χ0) is 15.5. The van der Waals surface area contributed by atoms with Gasteiger partial charge >= 0.3 is 0 Å². The van der Waals surface area contributed by atoms with Gasteiger partial charge in [0.15, 0.2) is 0 Å². The summed E-state index contributed by atoms with van der Waals surface area (Å²) >= 11 is 0. The molecule has 1 aromatic rings. The molecule has 1 aliphatic rings. The van der Waals surface area contributed by atoms with E-state index in [-0.39, 0.29) is 10.8 Å². The maximum absolute atomic E-state index is 12.1. The van der Waals surface area contributed by atoms with Crippen LogP contribution in [0.2, 0.25) is 0 Å². The van der Waals surface area contributed by atoms with Crippen LogP contribution in [0.3, 0.4) is 0 Å². The lowest BCUT2D eigenvalue weighted by molar-refractivity contribution is -0.126. The van der Waals surface area contributed by atoms with Crippen LogP contribution in [0, 0.1) is 0 Å². The first kappa shape index (κ1) is 15.9. The van der Waals surface area contributed by atoms with E-state index in [2.05, 4.69) is 10.6 Å². The second-order valence-corrected chi connectivity index (χ2v) is 7.12. The van der Waals surface area contributed by atoms with E-state index in [0.717, 1.165) is 24.9 Å². The molecule has 1 amide bonds. The van der Waals surface area contributed by atoms with Crippen molar-refractivity contribution in [3.05, 3.63) is 29.8 Å². The number of rotatable bonds is 5. The van der Waals surface area contributed by atoms with Crippen molar-refractivity contribution in [2.45, 2.75) is 36.6 Å². The maximum atomic E-state index is 12.1. The van der Waals surface area contributed by atoms with Crippen LogP contribution in [0.25, 0.3) is 0 Å². The zero-order valence-electron chi connectivity index (χ0n) is 12.1. The number of amides is 1. The predicted molar refractivity (Wildman–Crippen MR) is 80.2 cm³/mol. The minimum atomic E-state index is -3.65. The highest BCUT2D eigenvalue weighted by molar-refractivity contribution is 7.89. The highest BCUT2D eigenvalue weighted by Crippen LogP contribution is 2.18. The third-order valence-electron chi connectivity index (χ3n) is 3.82. The Bertz CT molecular complexity index is 605. The number of hydrogen-bond donors (Lipinski definition) is 3. The molecule has 2 rings (SSSR count). The number of sulfonamides is 1. The lowest BCUT2D eigenvalue weighted by Crippen LogP contribution is -2.51. The summed E-state index contributed by atoms with van der Waals surface area (Å²) < 4.78 is 22.3. The van der Waals surface area contributed by atoms with Crippen molar-refractivity contribution in [2.24, 2.45) is 5.14 Å². The monoisotopic (exact) mass is 311 g/mol. The third kappa shape index (κ3) is 4.03. The van der Waals surface area contributed by atoms with Gasteiger partial charge in [0.1, 0.15) is 0 Å². The molecule has 1 saturated heterocycles. The number of nitrogens with one attached hydrogen (secondary N) is 2. The molecule has 0 radical (unpaired) electrons. The normalized spacial score (nSPS) is 22.2. The molecule has 0 spiro atoms. The van der Waals surface area contributed by atoms with Gasteiger partial charge in [-0.3, -0.25) is 4.79 Å². The standard InChI is InChI=1S/C14H21N3O3S/c1-14(8-2-9-17-14)13(18)16-10-7-11-3-5-12(6-4-11)21(15,19)20/h3-6,17H,2,7-10H2,1H3,(H,16,18)(H2,15,19,20). The molecule has 4 N–H and O–H groups in total. The van der Waals surface area contributed by atoms with Crippen LogP contribution in [0.1, 0.15) is 25.3 Å². The fourth-order valence-electron chi connectivity index (χ4n) is 2.45. The lowest BCUT2D eigenvalue weighted by Gasteiger charge is -2.23. The van der Waals surface area contributed by atoms with Crippen LogP contribution >= 0.6 is 0 Å². The Morgan fingerprint density at radius 3 is 2.57 bits per heavy atom. The molecule has 0 aliphatic carbocycles. The molecule has 116 valence electrons. The van der Waals surface area contributed by atoms with E-state index in [1.165, 1.54) is 12.1 Å². The Morgan fingerprint density at radius 1 is 1.38 bits per heavy atom. The van der Waals surface area contributed by atoms with Gasteiger partial charge in [-0.15, -0.1) is 0 Å². The second kappa shape index (κ2) is 6.13. The van der Waals surface area contributed by atoms with Crippen LogP contribution < -0.4 is 15.8 Å². The van der Waals surface area contributed by atoms with E-state index in [0.29, 0.717) is 13.0 Å². The number of carbonyl (C=O) groups is 1. The van der Waals surface area contributed by atoms with E-state index >= 15 is 0 Å².